The van der Waals surface area contributed by atoms with Crippen molar-refractivity contribution in [3.8, 4) is 0 Å². The van der Waals surface area contributed by atoms with Crippen LogP contribution in [0.15, 0.2) is 35.5 Å². The van der Waals surface area contributed by atoms with Gasteiger partial charge in [-0.05, 0) is 17.4 Å². The van der Waals surface area contributed by atoms with Crippen LogP contribution in [0.2, 0.25) is 0 Å². The van der Waals surface area contributed by atoms with Crippen LogP contribution in [0, 0.1) is 0 Å². The summed E-state index contributed by atoms with van der Waals surface area (Å²) < 4.78 is 1.67. The van der Waals surface area contributed by atoms with E-state index in [9.17, 15) is 4.79 Å². The summed E-state index contributed by atoms with van der Waals surface area (Å²) in [6, 6.07) is 9.22. The molecule has 0 aliphatic carbocycles. The number of hydrogen-bond acceptors (Lipinski definition) is 5. The minimum atomic E-state index is 0.0845. The fourth-order valence-corrected chi connectivity index (χ4v) is 2.17. The Balaban J connectivity index is 1.97. The number of carbonyl (C=O) groups is 1. The number of rotatable bonds is 5. The van der Waals surface area contributed by atoms with Crippen molar-refractivity contribution in [2.75, 3.05) is 5.75 Å². The molecule has 0 unspecified atom stereocenters. The van der Waals surface area contributed by atoms with Crippen LogP contribution >= 0.6 is 11.8 Å². The number of benzene rings is 1. The van der Waals surface area contributed by atoms with E-state index in [1.165, 1.54) is 11.8 Å². The third kappa shape index (κ3) is 2.91. The van der Waals surface area contributed by atoms with Crippen LogP contribution in [0.1, 0.15) is 17.3 Å². The van der Waals surface area contributed by atoms with E-state index in [1.807, 2.05) is 37.3 Å². The lowest BCUT2D eigenvalue weighted by Gasteiger charge is -2.01. The number of nitrogens with zero attached hydrogens (tertiary/aromatic N) is 4. The molecule has 0 N–H and O–H groups in total. The number of thioether (sulfide) groups is 1. The third-order valence-electron chi connectivity index (χ3n) is 2.23. The summed E-state index contributed by atoms with van der Waals surface area (Å²) in [4.78, 5) is 11.8. The normalized spacial score (nSPS) is 10.4. The Morgan fingerprint density at radius 3 is 2.82 bits per heavy atom. The molecule has 17 heavy (non-hydrogen) atoms. The molecule has 88 valence electrons. The van der Waals surface area contributed by atoms with Gasteiger partial charge in [0.05, 0.1) is 5.75 Å². The molecule has 0 bridgehead atoms. The molecule has 1 aromatic carbocycles. The number of tetrazole rings is 1. The molecular formula is C11H12N4OS. The van der Waals surface area contributed by atoms with E-state index in [0.29, 0.717) is 17.5 Å². The van der Waals surface area contributed by atoms with E-state index in [4.69, 9.17) is 0 Å². The van der Waals surface area contributed by atoms with Crippen molar-refractivity contribution in [2.24, 2.45) is 0 Å². The standard InChI is InChI=1S/C11H12N4OS/c1-2-15-11(12-13-14-15)17-8-10(16)9-6-4-3-5-7-9/h3-7H,2,8H2,1H3. The summed E-state index contributed by atoms with van der Waals surface area (Å²) in [5.41, 5.74) is 0.718. The lowest BCUT2D eigenvalue weighted by molar-refractivity contribution is 0.102. The highest BCUT2D eigenvalue weighted by Gasteiger charge is 2.10. The average molecular weight is 248 g/mol. The van der Waals surface area contributed by atoms with Gasteiger partial charge in [-0.1, -0.05) is 42.1 Å². The van der Waals surface area contributed by atoms with Gasteiger partial charge in [0.2, 0.25) is 5.16 Å². The molecule has 2 aromatic rings. The highest BCUT2D eigenvalue weighted by Crippen LogP contribution is 2.15. The van der Waals surface area contributed by atoms with E-state index in [-0.39, 0.29) is 5.78 Å². The molecular weight excluding hydrogens is 236 g/mol. The Morgan fingerprint density at radius 1 is 1.35 bits per heavy atom. The zero-order valence-corrected chi connectivity index (χ0v) is 10.2. The maximum atomic E-state index is 11.8. The minimum absolute atomic E-state index is 0.0845. The molecule has 0 radical (unpaired) electrons. The highest BCUT2D eigenvalue weighted by atomic mass is 32.2. The second-order valence-electron chi connectivity index (χ2n) is 3.36. The first kappa shape index (κ1) is 11.8. The number of ketones is 1. The maximum Gasteiger partial charge on any atom is 0.209 e. The number of aromatic nitrogens is 4. The largest absolute Gasteiger partial charge is 0.293 e. The molecule has 0 aliphatic heterocycles. The quantitative estimate of drug-likeness (QED) is 0.595. The summed E-state index contributed by atoms with van der Waals surface area (Å²) in [6.07, 6.45) is 0. The fourth-order valence-electron chi connectivity index (χ4n) is 1.34. The van der Waals surface area contributed by atoms with E-state index in [2.05, 4.69) is 15.5 Å². The van der Waals surface area contributed by atoms with E-state index in [1.54, 1.807) is 4.68 Å². The van der Waals surface area contributed by atoms with Gasteiger partial charge in [-0.3, -0.25) is 4.79 Å². The van der Waals surface area contributed by atoms with Gasteiger partial charge in [0.25, 0.3) is 0 Å². The van der Waals surface area contributed by atoms with Crippen LogP contribution in [0.4, 0.5) is 0 Å². The van der Waals surface area contributed by atoms with E-state index in [0.717, 1.165) is 5.56 Å². The van der Waals surface area contributed by atoms with Gasteiger partial charge in [-0.2, -0.15) is 0 Å². The molecule has 5 nitrogen and oxygen atoms in total. The van der Waals surface area contributed by atoms with Crippen LogP contribution in [0.25, 0.3) is 0 Å². The molecule has 0 saturated heterocycles. The first-order chi connectivity index (χ1) is 8.31. The first-order valence-corrected chi connectivity index (χ1v) is 6.27. The van der Waals surface area contributed by atoms with Gasteiger partial charge in [-0.25, -0.2) is 4.68 Å². The van der Waals surface area contributed by atoms with Crippen molar-refractivity contribution < 1.29 is 4.79 Å². The molecule has 0 fully saturated rings. The third-order valence-corrected chi connectivity index (χ3v) is 3.18. The summed E-state index contributed by atoms with van der Waals surface area (Å²) >= 11 is 1.36. The first-order valence-electron chi connectivity index (χ1n) is 5.28. The smallest absolute Gasteiger partial charge is 0.209 e. The van der Waals surface area contributed by atoms with Gasteiger partial charge < -0.3 is 0 Å². The summed E-state index contributed by atoms with van der Waals surface area (Å²) in [7, 11) is 0. The SMILES string of the molecule is CCn1nnnc1SCC(=O)c1ccccc1. The predicted molar refractivity (Wildman–Crippen MR) is 65.0 cm³/mol. The summed E-state index contributed by atoms with van der Waals surface area (Å²) in [6.45, 7) is 2.66. The maximum absolute atomic E-state index is 11.8. The van der Waals surface area contributed by atoms with Crippen molar-refractivity contribution >= 4 is 17.5 Å². The molecule has 1 aromatic heterocycles. The lowest BCUT2D eigenvalue weighted by Crippen LogP contribution is -2.04. The molecule has 0 atom stereocenters. The molecule has 0 saturated carbocycles. The molecule has 6 heteroatoms. The Labute approximate surface area is 103 Å². The predicted octanol–water partition coefficient (Wildman–Crippen LogP) is 1.67. The Bertz CT molecular complexity index is 497. The van der Waals surface area contributed by atoms with Gasteiger partial charge in [0, 0.05) is 12.1 Å². The molecule has 1 heterocycles. The Hall–Kier alpha value is -1.69. The molecule has 0 spiro atoms. The van der Waals surface area contributed by atoms with Gasteiger partial charge in [0.15, 0.2) is 5.78 Å². The van der Waals surface area contributed by atoms with Crippen molar-refractivity contribution in [3.63, 3.8) is 0 Å². The van der Waals surface area contributed by atoms with Crippen molar-refractivity contribution in [3.05, 3.63) is 35.9 Å². The van der Waals surface area contributed by atoms with Crippen LogP contribution in [0.5, 0.6) is 0 Å². The number of carbonyl (C=O) groups excluding carboxylic acids is 1. The number of Topliss-reactive ketones (excluding diaryl/α,β-unsaturated/α-hetero) is 1. The van der Waals surface area contributed by atoms with E-state index >= 15 is 0 Å². The van der Waals surface area contributed by atoms with Gasteiger partial charge in [0.1, 0.15) is 0 Å². The zero-order valence-electron chi connectivity index (χ0n) is 9.41. The second-order valence-corrected chi connectivity index (χ2v) is 4.30. The van der Waals surface area contributed by atoms with Crippen molar-refractivity contribution in [1.29, 1.82) is 0 Å². The molecule has 0 amide bonds. The van der Waals surface area contributed by atoms with Gasteiger partial charge in [-0.15, -0.1) is 5.10 Å². The van der Waals surface area contributed by atoms with Crippen LogP contribution in [-0.4, -0.2) is 31.7 Å². The van der Waals surface area contributed by atoms with Crippen molar-refractivity contribution in [1.82, 2.24) is 20.2 Å². The summed E-state index contributed by atoms with van der Waals surface area (Å²) in [5.74, 6) is 0.436. The monoisotopic (exact) mass is 248 g/mol. The lowest BCUT2D eigenvalue weighted by atomic mass is 10.2. The van der Waals surface area contributed by atoms with Gasteiger partial charge >= 0.3 is 0 Å². The number of hydrogen-bond donors (Lipinski definition) is 0. The van der Waals surface area contributed by atoms with Crippen LogP contribution in [0.3, 0.4) is 0 Å². The fraction of sp³-hybridized carbons (Fsp3) is 0.273. The van der Waals surface area contributed by atoms with E-state index < -0.39 is 0 Å². The minimum Gasteiger partial charge on any atom is -0.293 e. The van der Waals surface area contributed by atoms with Crippen molar-refractivity contribution in [2.45, 2.75) is 18.6 Å². The summed E-state index contributed by atoms with van der Waals surface area (Å²) in [5, 5.41) is 11.9. The Morgan fingerprint density at radius 2 is 2.12 bits per heavy atom. The average Bonchev–Trinajstić information content (AvgIpc) is 2.84. The zero-order chi connectivity index (χ0) is 12.1. The molecule has 2 rings (SSSR count). The second kappa shape index (κ2) is 5.58. The Kier molecular flexibility index (Phi) is 3.87. The van der Waals surface area contributed by atoms with Crippen LogP contribution in [-0.2, 0) is 6.54 Å². The van der Waals surface area contributed by atoms with Crippen LogP contribution < -0.4 is 0 Å². The molecule has 0 aliphatic rings. The highest BCUT2D eigenvalue weighted by molar-refractivity contribution is 7.99. The number of aryl methyl sites for hydroxylation is 1. The topological polar surface area (TPSA) is 60.7 Å².